The van der Waals surface area contributed by atoms with Gasteiger partial charge >= 0.3 is 0 Å². The molecule has 196 valence electrons. The number of hydrogen-bond acceptors (Lipinski definition) is 6. The number of ether oxygens (including phenoxy) is 1. The number of nitrogens with zero attached hydrogens (tertiary/aromatic N) is 4. The van der Waals surface area contributed by atoms with Crippen molar-refractivity contribution in [3.8, 4) is 0 Å². The van der Waals surface area contributed by atoms with Crippen LogP contribution in [0.1, 0.15) is 16.8 Å². The molecule has 1 amide bonds. The Morgan fingerprint density at radius 3 is 2.32 bits per heavy atom. The summed E-state index contributed by atoms with van der Waals surface area (Å²) < 4.78 is 33.7. The van der Waals surface area contributed by atoms with E-state index in [0.29, 0.717) is 31.0 Å². The molecule has 0 radical (unpaired) electrons. The topological polar surface area (TPSA) is 84.7 Å². The number of rotatable bonds is 12. The smallest absolute Gasteiger partial charge is 0.228 e. The van der Waals surface area contributed by atoms with Gasteiger partial charge in [0.15, 0.2) is 0 Å². The zero-order valence-corrected chi connectivity index (χ0v) is 21.9. The zero-order valence-electron chi connectivity index (χ0n) is 21.0. The molecule has 0 atom stereocenters. The van der Waals surface area contributed by atoms with Crippen LogP contribution in [-0.2, 0) is 44.6 Å². The first-order valence-electron chi connectivity index (χ1n) is 12.5. The summed E-state index contributed by atoms with van der Waals surface area (Å²) in [4.78, 5) is 21.8. The first kappa shape index (κ1) is 26.8. The summed E-state index contributed by atoms with van der Waals surface area (Å²) >= 11 is 0. The van der Waals surface area contributed by atoms with Crippen molar-refractivity contribution >= 4 is 15.7 Å². The van der Waals surface area contributed by atoms with Crippen molar-refractivity contribution in [2.45, 2.75) is 30.4 Å². The molecule has 8 nitrogen and oxygen atoms in total. The molecule has 0 aliphatic carbocycles. The second-order valence-corrected chi connectivity index (χ2v) is 11.0. The molecule has 2 aromatic carbocycles. The molecule has 1 saturated heterocycles. The number of hydrogen-bond donors (Lipinski definition) is 0. The molecule has 0 bridgehead atoms. The Morgan fingerprint density at radius 2 is 1.68 bits per heavy atom. The molecule has 0 N–H and O–H groups in total. The highest BCUT2D eigenvalue weighted by atomic mass is 32.2. The second kappa shape index (κ2) is 12.8. The molecule has 4 rings (SSSR count). The Morgan fingerprint density at radius 1 is 1.03 bits per heavy atom. The fourth-order valence-corrected chi connectivity index (χ4v) is 5.91. The van der Waals surface area contributed by atoms with Gasteiger partial charge in [0.2, 0.25) is 20.9 Å². The normalized spacial score (nSPS) is 14.4. The lowest BCUT2D eigenvalue weighted by molar-refractivity contribution is -0.131. The van der Waals surface area contributed by atoms with E-state index in [1.165, 1.54) is 0 Å². The maximum Gasteiger partial charge on any atom is 0.228 e. The van der Waals surface area contributed by atoms with E-state index in [1.54, 1.807) is 33.9 Å². The fraction of sp³-hybridized carbons (Fsp3) is 0.357. The Hall–Kier alpha value is -3.27. The number of aromatic nitrogens is 2. The molecule has 37 heavy (non-hydrogen) atoms. The standard InChI is InChI=1S/C28H34N4O4S/c1-2-13-32-26(21-29-28(32)37(34,35)23-25-11-7-4-8-12-25)22-31(15-14-30-16-18-36-19-17-30)27(33)20-24-9-5-3-6-10-24/h2-12,21H,1,13-20,22-23H2. The molecule has 1 fully saturated rings. The number of carbonyl (C=O) groups excluding carboxylic acids is 1. The number of morpholine rings is 1. The highest BCUT2D eigenvalue weighted by molar-refractivity contribution is 7.90. The van der Waals surface area contributed by atoms with Gasteiger partial charge in [-0.25, -0.2) is 13.4 Å². The SMILES string of the molecule is C=CCn1c(CN(CCN2CCOCC2)C(=O)Cc2ccccc2)cnc1S(=O)(=O)Cc1ccccc1. The lowest BCUT2D eigenvalue weighted by atomic mass is 10.1. The zero-order chi connectivity index (χ0) is 26.1. The maximum atomic E-state index is 13.4. The van der Waals surface area contributed by atoms with E-state index < -0.39 is 9.84 Å². The minimum atomic E-state index is -3.70. The van der Waals surface area contributed by atoms with E-state index in [2.05, 4.69) is 16.5 Å². The minimum Gasteiger partial charge on any atom is -0.379 e. The molecule has 3 aromatic rings. The lowest BCUT2D eigenvalue weighted by Crippen LogP contribution is -2.43. The van der Waals surface area contributed by atoms with Gasteiger partial charge in [0.1, 0.15) is 0 Å². The van der Waals surface area contributed by atoms with E-state index in [0.717, 1.165) is 25.2 Å². The summed E-state index contributed by atoms with van der Waals surface area (Å²) in [5, 5.41) is -0.00473. The maximum absolute atomic E-state index is 13.4. The number of imidazole rings is 1. The van der Waals surface area contributed by atoms with Gasteiger partial charge in [-0.2, -0.15) is 0 Å². The quantitative estimate of drug-likeness (QED) is 0.340. The van der Waals surface area contributed by atoms with Crippen LogP contribution in [0.5, 0.6) is 0 Å². The Labute approximate surface area is 219 Å². The second-order valence-electron chi connectivity index (χ2n) is 9.11. The van der Waals surface area contributed by atoms with E-state index in [-0.39, 0.29) is 36.3 Å². The lowest BCUT2D eigenvalue weighted by Gasteiger charge is -2.30. The van der Waals surface area contributed by atoms with E-state index >= 15 is 0 Å². The van der Waals surface area contributed by atoms with Crippen molar-refractivity contribution in [3.05, 3.63) is 96.3 Å². The van der Waals surface area contributed by atoms with Crippen molar-refractivity contribution < 1.29 is 17.9 Å². The van der Waals surface area contributed by atoms with Crippen LogP contribution in [0.3, 0.4) is 0 Å². The fourth-order valence-electron chi connectivity index (χ4n) is 4.41. The summed E-state index contributed by atoms with van der Waals surface area (Å²) in [6.45, 7) is 8.63. The third kappa shape index (κ3) is 7.38. The number of allylic oxidation sites excluding steroid dienone is 1. The summed E-state index contributed by atoms with van der Waals surface area (Å²) in [5.74, 6) is -0.158. The Bertz CT molecular complexity index is 1270. The van der Waals surface area contributed by atoms with Crippen LogP contribution in [0.25, 0.3) is 0 Å². The number of sulfone groups is 1. The summed E-state index contributed by atoms with van der Waals surface area (Å²) in [6, 6.07) is 18.7. The largest absolute Gasteiger partial charge is 0.379 e. The average Bonchev–Trinajstić information content (AvgIpc) is 3.31. The van der Waals surface area contributed by atoms with Crippen LogP contribution in [0.15, 0.2) is 84.7 Å². The summed E-state index contributed by atoms with van der Waals surface area (Å²) in [6.07, 6.45) is 3.49. The molecule has 0 saturated carbocycles. The van der Waals surface area contributed by atoms with E-state index in [4.69, 9.17) is 4.74 Å². The molecule has 1 aliphatic heterocycles. The first-order valence-corrected chi connectivity index (χ1v) is 14.2. The van der Waals surface area contributed by atoms with Crippen LogP contribution in [0, 0.1) is 0 Å². The highest BCUT2D eigenvalue weighted by Crippen LogP contribution is 2.19. The van der Waals surface area contributed by atoms with Crippen LogP contribution < -0.4 is 0 Å². The van der Waals surface area contributed by atoms with Gasteiger partial charge in [0, 0.05) is 32.7 Å². The van der Waals surface area contributed by atoms with Crippen molar-refractivity contribution in [2.24, 2.45) is 0 Å². The Balaban J connectivity index is 1.56. The van der Waals surface area contributed by atoms with Crippen molar-refractivity contribution in [2.75, 3.05) is 39.4 Å². The van der Waals surface area contributed by atoms with E-state index in [9.17, 15) is 13.2 Å². The molecule has 2 heterocycles. The van der Waals surface area contributed by atoms with Crippen LogP contribution in [0.2, 0.25) is 0 Å². The number of benzene rings is 2. The monoisotopic (exact) mass is 522 g/mol. The van der Waals surface area contributed by atoms with Crippen molar-refractivity contribution in [3.63, 3.8) is 0 Å². The van der Waals surface area contributed by atoms with E-state index in [1.807, 2.05) is 48.5 Å². The number of carbonyl (C=O) groups is 1. The average molecular weight is 523 g/mol. The molecule has 0 unspecified atom stereocenters. The van der Waals surface area contributed by atoms with Gasteiger partial charge in [0.25, 0.3) is 0 Å². The summed E-state index contributed by atoms with van der Waals surface area (Å²) in [5.41, 5.74) is 2.30. The molecule has 1 aromatic heterocycles. The van der Waals surface area contributed by atoms with Crippen LogP contribution in [0.4, 0.5) is 0 Å². The molecule has 0 spiro atoms. The van der Waals surface area contributed by atoms with Crippen molar-refractivity contribution in [1.82, 2.24) is 19.4 Å². The Kier molecular flexibility index (Phi) is 9.27. The van der Waals surface area contributed by atoms with Gasteiger partial charge in [-0.3, -0.25) is 9.69 Å². The van der Waals surface area contributed by atoms with Crippen LogP contribution in [-0.4, -0.2) is 73.1 Å². The van der Waals surface area contributed by atoms with Gasteiger partial charge in [-0.05, 0) is 11.1 Å². The first-order chi connectivity index (χ1) is 18.0. The third-order valence-corrected chi connectivity index (χ3v) is 7.98. The molecular formula is C28H34N4O4S. The van der Waals surface area contributed by atoms with Gasteiger partial charge in [-0.1, -0.05) is 66.7 Å². The number of amides is 1. The summed E-state index contributed by atoms with van der Waals surface area (Å²) in [7, 11) is -3.70. The molecular weight excluding hydrogens is 488 g/mol. The van der Waals surface area contributed by atoms with Gasteiger partial charge < -0.3 is 14.2 Å². The van der Waals surface area contributed by atoms with Gasteiger partial charge in [-0.15, -0.1) is 6.58 Å². The third-order valence-electron chi connectivity index (χ3n) is 6.38. The van der Waals surface area contributed by atoms with Gasteiger partial charge in [0.05, 0.1) is 43.8 Å². The molecule has 9 heteroatoms. The predicted molar refractivity (Wildman–Crippen MR) is 143 cm³/mol. The highest BCUT2D eigenvalue weighted by Gasteiger charge is 2.25. The minimum absolute atomic E-state index is 0.00473. The molecule has 1 aliphatic rings. The van der Waals surface area contributed by atoms with Crippen molar-refractivity contribution in [1.29, 1.82) is 0 Å². The van der Waals surface area contributed by atoms with Crippen LogP contribution >= 0.6 is 0 Å². The predicted octanol–water partition coefficient (Wildman–Crippen LogP) is 2.95.